The van der Waals surface area contributed by atoms with Crippen LogP contribution in [0, 0.1) is 35.5 Å². The number of likely N-dealkylation sites (tertiary alicyclic amines) is 1. The molecule has 1 heterocycles. The Morgan fingerprint density at radius 3 is 1.93 bits per heavy atom. The average Bonchev–Trinajstić information content (AvgIpc) is 2.39. The Morgan fingerprint density at radius 1 is 0.800 bits per heavy atom. The second-order valence-electron chi connectivity index (χ2n) is 6.37. The van der Waals surface area contributed by atoms with Crippen molar-refractivity contribution < 1.29 is 0 Å². The molecular weight excluding hydrogens is 182 g/mol. The Kier molecular flexibility index (Phi) is 2.03. The predicted molar refractivity (Wildman–Crippen MR) is 63.6 cm³/mol. The van der Waals surface area contributed by atoms with Crippen molar-refractivity contribution in [1.82, 2.24) is 4.90 Å². The molecule has 0 aromatic rings. The molecule has 1 nitrogen and oxygen atoms in total. The molecule has 8 atom stereocenters. The Bertz CT molecular complexity index is 275. The first kappa shape index (κ1) is 10.1. The van der Waals surface area contributed by atoms with Gasteiger partial charge in [-0.2, -0.15) is 0 Å². The molecule has 1 unspecified atom stereocenters. The molecule has 3 rings (SSSR count). The van der Waals surface area contributed by atoms with Crippen molar-refractivity contribution in [3.05, 3.63) is 0 Å². The van der Waals surface area contributed by atoms with E-state index in [0.717, 1.165) is 47.6 Å². The van der Waals surface area contributed by atoms with Gasteiger partial charge in [0.2, 0.25) is 0 Å². The predicted octanol–water partition coefficient (Wildman–Crippen LogP) is 2.86. The zero-order valence-corrected chi connectivity index (χ0v) is 10.8. The molecule has 0 bridgehead atoms. The van der Waals surface area contributed by atoms with E-state index >= 15 is 0 Å². The zero-order chi connectivity index (χ0) is 10.9. The summed E-state index contributed by atoms with van der Waals surface area (Å²) >= 11 is 0. The molecule has 3 aliphatic rings. The zero-order valence-electron chi connectivity index (χ0n) is 10.8. The van der Waals surface area contributed by atoms with Gasteiger partial charge in [-0.3, -0.25) is 4.90 Å². The molecule has 0 N–H and O–H groups in total. The van der Waals surface area contributed by atoms with Crippen LogP contribution in [0.2, 0.25) is 0 Å². The lowest BCUT2D eigenvalue weighted by Crippen LogP contribution is -2.68. The Balaban J connectivity index is 1.86. The van der Waals surface area contributed by atoms with E-state index in [1.807, 2.05) is 0 Å². The van der Waals surface area contributed by atoms with E-state index in [4.69, 9.17) is 0 Å². The third kappa shape index (κ3) is 0.945. The second-order valence-corrected chi connectivity index (χ2v) is 6.37. The first-order chi connectivity index (χ1) is 7.09. The van der Waals surface area contributed by atoms with Crippen LogP contribution >= 0.6 is 0 Å². The van der Waals surface area contributed by atoms with Crippen LogP contribution in [0.5, 0.6) is 0 Å². The van der Waals surface area contributed by atoms with Crippen LogP contribution in [0.4, 0.5) is 0 Å². The van der Waals surface area contributed by atoms with Gasteiger partial charge in [-0.05, 0) is 49.0 Å². The molecule has 0 spiro atoms. The van der Waals surface area contributed by atoms with Crippen molar-refractivity contribution in [2.45, 2.75) is 46.7 Å². The lowest BCUT2D eigenvalue weighted by atomic mass is 9.40. The molecular formula is C14H25N. The monoisotopic (exact) mass is 207 g/mol. The highest BCUT2D eigenvalue weighted by Crippen LogP contribution is 2.67. The summed E-state index contributed by atoms with van der Waals surface area (Å²) in [6.45, 7) is 13.5. The van der Waals surface area contributed by atoms with Crippen molar-refractivity contribution in [2.75, 3.05) is 6.54 Å². The van der Waals surface area contributed by atoms with E-state index < -0.39 is 0 Å². The van der Waals surface area contributed by atoms with Gasteiger partial charge in [0.25, 0.3) is 0 Å². The lowest BCUT2D eigenvalue weighted by molar-refractivity contribution is -0.183. The molecule has 1 aliphatic heterocycles. The first-order valence-electron chi connectivity index (χ1n) is 6.85. The van der Waals surface area contributed by atoms with Gasteiger partial charge in [-0.1, -0.05) is 27.7 Å². The second kappa shape index (κ2) is 3.00. The van der Waals surface area contributed by atoms with Crippen LogP contribution in [0.25, 0.3) is 0 Å². The molecule has 15 heavy (non-hydrogen) atoms. The van der Waals surface area contributed by atoms with Crippen molar-refractivity contribution >= 4 is 0 Å². The van der Waals surface area contributed by atoms with Gasteiger partial charge < -0.3 is 0 Å². The average molecular weight is 207 g/mol. The maximum atomic E-state index is 2.79. The van der Waals surface area contributed by atoms with Crippen LogP contribution in [-0.4, -0.2) is 23.5 Å². The number of fused-ring (bicyclic) bond motifs is 4. The molecule has 0 aromatic heterocycles. The molecule has 1 saturated heterocycles. The van der Waals surface area contributed by atoms with Gasteiger partial charge in [0.1, 0.15) is 0 Å². The fraction of sp³-hybridized carbons (Fsp3) is 1.00. The number of rotatable bonds is 1. The van der Waals surface area contributed by atoms with Crippen molar-refractivity contribution in [3.8, 4) is 0 Å². The van der Waals surface area contributed by atoms with Gasteiger partial charge in [0.05, 0.1) is 0 Å². The van der Waals surface area contributed by atoms with Gasteiger partial charge >= 0.3 is 0 Å². The number of hydrogen-bond donors (Lipinski definition) is 0. The Hall–Kier alpha value is -0.0400. The van der Waals surface area contributed by atoms with E-state index in [9.17, 15) is 0 Å². The van der Waals surface area contributed by atoms with E-state index in [1.165, 1.54) is 6.54 Å². The number of hydrogen-bond acceptors (Lipinski definition) is 1. The highest BCUT2D eigenvalue weighted by atomic mass is 15.2. The maximum absolute atomic E-state index is 2.79. The summed E-state index contributed by atoms with van der Waals surface area (Å²) in [4.78, 5) is 2.79. The van der Waals surface area contributed by atoms with E-state index in [0.29, 0.717) is 0 Å². The van der Waals surface area contributed by atoms with Crippen molar-refractivity contribution in [1.29, 1.82) is 0 Å². The normalized spacial score (nSPS) is 63.0. The summed E-state index contributed by atoms with van der Waals surface area (Å²) in [5, 5.41) is 0. The van der Waals surface area contributed by atoms with Gasteiger partial charge in [0.15, 0.2) is 0 Å². The summed E-state index contributed by atoms with van der Waals surface area (Å²) < 4.78 is 0. The Labute approximate surface area is 94.2 Å². The molecule has 2 saturated carbocycles. The van der Waals surface area contributed by atoms with Crippen LogP contribution in [0.3, 0.4) is 0 Å². The third-order valence-corrected chi connectivity index (χ3v) is 6.36. The minimum Gasteiger partial charge on any atom is -0.297 e. The van der Waals surface area contributed by atoms with E-state index in [1.54, 1.807) is 0 Å². The quantitative estimate of drug-likeness (QED) is 0.639. The fourth-order valence-corrected chi connectivity index (χ4v) is 5.24. The molecule has 86 valence electrons. The number of nitrogens with zero attached hydrogens (tertiary/aromatic N) is 1. The summed E-state index contributed by atoms with van der Waals surface area (Å²) in [5.41, 5.74) is 0. The summed E-state index contributed by atoms with van der Waals surface area (Å²) in [6.07, 6.45) is 0. The summed E-state index contributed by atoms with van der Waals surface area (Å²) in [5.74, 6) is 6.10. The smallest absolute Gasteiger partial charge is 0.0166 e. The molecule has 1 heteroatoms. The summed E-state index contributed by atoms with van der Waals surface area (Å²) in [7, 11) is 0. The molecule has 0 radical (unpaired) electrons. The largest absolute Gasteiger partial charge is 0.297 e. The highest BCUT2D eigenvalue weighted by molar-refractivity contribution is 5.19. The van der Waals surface area contributed by atoms with Gasteiger partial charge in [-0.25, -0.2) is 0 Å². The van der Waals surface area contributed by atoms with Crippen molar-refractivity contribution in [3.63, 3.8) is 0 Å². The maximum Gasteiger partial charge on any atom is 0.0166 e. The summed E-state index contributed by atoms with van der Waals surface area (Å²) in [6, 6.07) is 1.78. The van der Waals surface area contributed by atoms with Gasteiger partial charge in [0, 0.05) is 12.1 Å². The van der Waals surface area contributed by atoms with E-state index in [2.05, 4.69) is 39.5 Å². The molecule has 3 fully saturated rings. The minimum absolute atomic E-state index is 0.829. The Morgan fingerprint density at radius 2 is 1.33 bits per heavy atom. The molecule has 2 aliphatic carbocycles. The third-order valence-electron chi connectivity index (χ3n) is 6.36. The highest BCUT2D eigenvalue weighted by Gasteiger charge is 2.69. The minimum atomic E-state index is 0.829. The standard InChI is InChI=1S/C14H25N/c1-6-15-10(5)9(4)13-11-7(2)8(3)12(11)14(13)15/h7-14H,6H2,1-5H3/t7-,8+,9+,10-,11-,12+,13-,14?/m0/s1. The molecule has 0 aromatic carbocycles. The van der Waals surface area contributed by atoms with Crippen LogP contribution < -0.4 is 0 Å². The van der Waals surface area contributed by atoms with Crippen molar-refractivity contribution in [2.24, 2.45) is 35.5 Å². The van der Waals surface area contributed by atoms with E-state index in [-0.39, 0.29) is 0 Å². The lowest BCUT2D eigenvalue weighted by Gasteiger charge is -2.67. The first-order valence-corrected chi connectivity index (χ1v) is 6.85. The van der Waals surface area contributed by atoms with Crippen LogP contribution in [0.15, 0.2) is 0 Å². The van der Waals surface area contributed by atoms with Gasteiger partial charge in [-0.15, -0.1) is 0 Å². The topological polar surface area (TPSA) is 3.24 Å². The SMILES string of the molecule is CCN1C2[C@@H]3[C@H](C)[C@H](C)[C@@H]3[C@@H]2[C@H](C)[C@@H]1C. The van der Waals surface area contributed by atoms with Crippen LogP contribution in [0.1, 0.15) is 34.6 Å². The fourth-order valence-electron chi connectivity index (χ4n) is 5.24. The molecule has 0 amide bonds. The van der Waals surface area contributed by atoms with Crippen LogP contribution in [-0.2, 0) is 0 Å².